The molecule has 114 valence electrons. The molecule has 0 aliphatic rings. The van der Waals surface area contributed by atoms with Crippen LogP contribution >= 0.6 is 0 Å². The van der Waals surface area contributed by atoms with Crippen LogP contribution in [0.2, 0.25) is 0 Å². The highest BCUT2D eigenvalue weighted by Crippen LogP contribution is 2.35. The van der Waals surface area contributed by atoms with Crippen molar-refractivity contribution in [2.24, 2.45) is 7.05 Å². The van der Waals surface area contributed by atoms with E-state index in [1.165, 1.54) is 0 Å². The number of aryl methyl sites for hydroxylation is 1. The van der Waals surface area contributed by atoms with Gasteiger partial charge < -0.3 is 8.98 Å². The van der Waals surface area contributed by atoms with Gasteiger partial charge in [-0.05, 0) is 18.2 Å². The molecule has 6 rings (SSSR count). The third kappa shape index (κ3) is 1.27. The molecular weight excluding hydrogens is 300 g/mol. The summed E-state index contributed by atoms with van der Waals surface area (Å²) in [7, 11) is 2.04. The van der Waals surface area contributed by atoms with Crippen LogP contribution < -0.4 is 0 Å². The highest BCUT2D eigenvalue weighted by Gasteiger charge is 2.19. The van der Waals surface area contributed by atoms with Crippen molar-refractivity contribution >= 4 is 49.9 Å². The lowest BCUT2D eigenvalue weighted by atomic mass is 10.1. The molecule has 0 saturated carbocycles. The fraction of sp³-hybridized carbons (Fsp3) is 0.0526. The fourth-order valence-corrected chi connectivity index (χ4v) is 3.73. The molecule has 5 heteroatoms. The molecular formula is C19H12N4O. The lowest BCUT2D eigenvalue weighted by Gasteiger charge is -1.96. The molecule has 0 unspecified atom stereocenters. The van der Waals surface area contributed by atoms with E-state index in [4.69, 9.17) is 9.40 Å². The van der Waals surface area contributed by atoms with Crippen LogP contribution in [0.4, 0.5) is 0 Å². The second-order valence-electron chi connectivity index (χ2n) is 6.06. The van der Waals surface area contributed by atoms with E-state index in [1.807, 2.05) is 31.3 Å². The number of aromatic nitrogens is 4. The second-order valence-corrected chi connectivity index (χ2v) is 6.06. The average molecular weight is 312 g/mol. The van der Waals surface area contributed by atoms with Crippen LogP contribution in [-0.4, -0.2) is 18.9 Å². The van der Waals surface area contributed by atoms with Gasteiger partial charge in [-0.1, -0.05) is 30.3 Å². The third-order valence-corrected chi connectivity index (χ3v) is 4.79. The lowest BCUT2D eigenvalue weighted by Crippen LogP contribution is -1.87. The Balaban J connectivity index is 2.02. The van der Waals surface area contributed by atoms with Gasteiger partial charge in [-0.3, -0.25) is 4.40 Å². The summed E-state index contributed by atoms with van der Waals surface area (Å²) in [6, 6.07) is 16.4. The van der Waals surface area contributed by atoms with Crippen LogP contribution in [0, 0.1) is 0 Å². The van der Waals surface area contributed by atoms with Crippen LogP contribution in [-0.2, 0) is 7.05 Å². The standard InChI is InChI=1S/C19H12N4O/c1-22-12-7-3-4-8-13(12)23-17-16-11-6-2-5-9-14(11)24-15(16)10-20-18(17)21-19(22)23/h2-10H,1H3. The van der Waals surface area contributed by atoms with E-state index in [2.05, 4.69) is 38.2 Å². The summed E-state index contributed by atoms with van der Waals surface area (Å²) in [5.41, 5.74) is 5.67. The molecule has 0 radical (unpaired) electrons. The van der Waals surface area contributed by atoms with Crippen molar-refractivity contribution in [3.8, 4) is 0 Å². The van der Waals surface area contributed by atoms with Crippen molar-refractivity contribution in [1.29, 1.82) is 0 Å². The van der Waals surface area contributed by atoms with E-state index in [9.17, 15) is 0 Å². The fourth-order valence-electron chi connectivity index (χ4n) is 3.73. The number of imidazole rings is 2. The van der Waals surface area contributed by atoms with Gasteiger partial charge >= 0.3 is 0 Å². The predicted octanol–water partition coefficient (Wildman–Crippen LogP) is 4.27. The molecule has 0 bridgehead atoms. The van der Waals surface area contributed by atoms with E-state index < -0.39 is 0 Å². The summed E-state index contributed by atoms with van der Waals surface area (Å²) in [4.78, 5) is 9.28. The molecule has 0 saturated heterocycles. The van der Waals surface area contributed by atoms with Crippen LogP contribution in [0.25, 0.3) is 49.9 Å². The maximum Gasteiger partial charge on any atom is 0.217 e. The molecule has 5 nitrogen and oxygen atoms in total. The largest absolute Gasteiger partial charge is 0.454 e. The van der Waals surface area contributed by atoms with Gasteiger partial charge in [0.2, 0.25) is 5.78 Å². The van der Waals surface area contributed by atoms with E-state index in [1.54, 1.807) is 6.20 Å². The van der Waals surface area contributed by atoms with E-state index in [0.29, 0.717) is 0 Å². The third-order valence-electron chi connectivity index (χ3n) is 4.79. The number of benzene rings is 2. The number of para-hydroxylation sites is 3. The Morgan fingerprint density at radius 3 is 2.62 bits per heavy atom. The Morgan fingerprint density at radius 2 is 1.71 bits per heavy atom. The summed E-state index contributed by atoms with van der Waals surface area (Å²) in [6.45, 7) is 0. The number of rotatable bonds is 0. The maximum atomic E-state index is 5.99. The Labute approximate surface area is 135 Å². The first kappa shape index (κ1) is 12.1. The maximum absolute atomic E-state index is 5.99. The van der Waals surface area contributed by atoms with Crippen molar-refractivity contribution in [1.82, 2.24) is 18.9 Å². The van der Waals surface area contributed by atoms with Crippen LogP contribution in [0.3, 0.4) is 0 Å². The Bertz CT molecular complexity index is 1420. The van der Waals surface area contributed by atoms with E-state index in [-0.39, 0.29) is 0 Å². The highest BCUT2D eigenvalue weighted by atomic mass is 16.3. The number of hydrogen-bond acceptors (Lipinski definition) is 3. The van der Waals surface area contributed by atoms with Crippen molar-refractivity contribution in [2.45, 2.75) is 0 Å². The molecule has 4 heterocycles. The number of furan rings is 1. The summed E-state index contributed by atoms with van der Waals surface area (Å²) >= 11 is 0. The van der Waals surface area contributed by atoms with E-state index >= 15 is 0 Å². The first-order valence-electron chi connectivity index (χ1n) is 7.85. The summed E-state index contributed by atoms with van der Waals surface area (Å²) < 4.78 is 10.3. The zero-order valence-electron chi connectivity index (χ0n) is 12.9. The van der Waals surface area contributed by atoms with Crippen molar-refractivity contribution in [3.63, 3.8) is 0 Å². The van der Waals surface area contributed by atoms with Crippen molar-refractivity contribution < 1.29 is 4.42 Å². The van der Waals surface area contributed by atoms with Gasteiger partial charge in [0.05, 0.1) is 22.6 Å². The van der Waals surface area contributed by atoms with Crippen molar-refractivity contribution in [3.05, 3.63) is 54.7 Å². The normalized spacial score (nSPS) is 12.4. The molecule has 0 aliphatic heterocycles. The molecule has 0 atom stereocenters. The van der Waals surface area contributed by atoms with Gasteiger partial charge in [-0.15, -0.1) is 0 Å². The topological polar surface area (TPSA) is 48.3 Å². The summed E-state index contributed by atoms with van der Waals surface area (Å²) in [6.07, 6.45) is 1.77. The molecule has 6 aromatic rings. The second kappa shape index (κ2) is 3.94. The molecule has 24 heavy (non-hydrogen) atoms. The van der Waals surface area contributed by atoms with Crippen LogP contribution in [0.15, 0.2) is 59.1 Å². The number of hydrogen-bond donors (Lipinski definition) is 0. The monoisotopic (exact) mass is 312 g/mol. The Morgan fingerprint density at radius 1 is 0.917 bits per heavy atom. The Kier molecular flexibility index (Phi) is 1.99. The first-order valence-corrected chi connectivity index (χ1v) is 7.85. The number of fused-ring (bicyclic) bond motifs is 9. The molecule has 2 aromatic carbocycles. The van der Waals surface area contributed by atoms with Gasteiger partial charge in [0.1, 0.15) is 11.1 Å². The number of pyridine rings is 1. The minimum atomic E-state index is 0.741. The predicted molar refractivity (Wildman–Crippen MR) is 94.2 cm³/mol. The molecule has 0 N–H and O–H groups in total. The van der Waals surface area contributed by atoms with Gasteiger partial charge in [0, 0.05) is 12.4 Å². The number of nitrogens with zero attached hydrogens (tertiary/aromatic N) is 4. The Hall–Kier alpha value is -3.34. The molecule has 0 spiro atoms. The zero-order chi connectivity index (χ0) is 15.8. The summed E-state index contributed by atoms with van der Waals surface area (Å²) in [5, 5.41) is 2.16. The zero-order valence-corrected chi connectivity index (χ0v) is 12.9. The van der Waals surface area contributed by atoms with Crippen LogP contribution in [0.1, 0.15) is 0 Å². The average Bonchev–Trinajstić information content (AvgIpc) is 3.25. The SMILES string of the molecule is Cn1c2ccccc2n2c3c(ncc4oc5ccccc5c43)nc12. The van der Waals surface area contributed by atoms with Crippen LogP contribution in [0.5, 0.6) is 0 Å². The summed E-state index contributed by atoms with van der Waals surface area (Å²) in [5.74, 6) is 0.886. The molecule has 0 amide bonds. The van der Waals surface area contributed by atoms with Gasteiger partial charge in [-0.2, -0.15) is 4.98 Å². The van der Waals surface area contributed by atoms with Gasteiger partial charge in [0.15, 0.2) is 11.2 Å². The first-order chi connectivity index (χ1) is 11.8. The van der Waals surface area contributed by atoms with Gasteiger partial charge in [-0.25, -0.2) is 4.98 Å². The molecule has 0 aliphatic carbocycles. The highest BCUT2D eigenvalue weighted by molar-refractivity contribution is 6.17. The van der Waals surface area contributed by atoms with Gasteiger partial charge in [0.25, 0.3) is 0 Å². The van der Waals surface area contributed by atoms with E-state index in [0.717, 1.165) is 49.9 Å². The minimum absolute atomic E-state index is 0.741. The smallest absolute Gasteiger partial charge is 0.217 e. The molecule has 4 aromatic heterocycles. The van der Waals surface area contributed by atoms with Crippen molar-refractivity contribution in [2.75, 3.05) is 0 Å². The molecule has 0 fully saturated rings. The minimum Gasteiger partial charge on any atom is -0.454 e. The lowest BCUT2D eigenvalue weighted by molar-refractivity contribution is 0.667. The quantitative estimate of drug-likeness (QED) is 0.421.